The van der Waals surface area contributed by atoms with Gasteiger partial charge in [0.05, 0.1) is 22.3 Å². The number of rotatable bonds is 4. The van der Waals surface area contributed by atoms with Gasteiger partial charge in [0.1, 0.15) is 17.0 Å². The van der Waals surface area contributed by atoms with Crippen LogP contribution in [-0.2, 0) is 0 Å². The summed E-state index contributed by atoms with van der Waals surface area (Å²) in [5.41, 5.74) is 8.60. The molecule has 0 spiro atoms. The van der Waals surface area contributed by atoms with Gasteiger partial charge >= 0.3 is 0 Å². The third kappa shape index (κ3) is 3.06. The molecule has 4 nitrogen and oxygen atoms in total. The zero-order valence-electron chi connectivity index (χ0n) is 19.9. The highest BCUT2D eigenvalue weighted by atomic mass is 16.3. The number of aromatic nitrogens is 3. The predicted octanol–water partition coefficient (Wildman–Crippen LogP) is 8.23. The highest BCUT2D eigenvalue weighted by Gasteiger charge is 2.24. The second-order valence-electron chi connectivity index (χ2n) is 9.51. The molecule has 0 bridgehead atoms. The molecule has 0 radical (unpaired) electrons. The summed E-state index contributed by atoms with van der Waals surface area (Å²) in [5.74, 6) is 1.64. The highest BCUT2D eigenvalue weighted by molar-refractivity contribution is 6.09. The van der Waals surface area contributed by atoms with Crippen molar-refractivity contribution in [3.05, 3.63) is 90.3 Å². The maximum atomic E-state index is 6.39. The molecule has 0 aliphatic rings. The standard InChI is InChI=1S/C30H27N3O/c1-18(2)20-9-7-10-21(19(3)4)28(20)33-26-14-6-5-13-25(26)32-30(33)23-12-8-11-22-24-17-31-16-15-27(24)34-29(22)23/h5-19H,1-4H3. The second-order valence-corrected chi connectivity index (χ2v) is 9.51. The topological polar surface area (TPSA) is 43.9 Å². The van der Waals surface area contributed by atoms with Crippen molar-refractivity contribution in [2.75, 3.05) is 0 Å². The van der Waals surface area contributed by atoms with Gasteiger partial charge in [-0.2, -0.15) is 0 Å². The third-order valence-electron chi connectivity index (χ3n) is 6.67. The number of fused-ring (bicyclic) bond motifs is 4. The lowest BCUT2D eigenvalue weighted by atomic mass is 9.92. The molecule has 0 aliphatic heterocycles. The molecule has 3 aromatic heterocycles. The van der Waals surface area contributed by atoms with Gasteiger partial charge in [-0.3, -0.25) is 9.55 Å². The molecule has 34 heavy (non-hydrogen) atoms. The SMILES string of the molecule is CC(C)c1cccc(C(C)C)c1-n1c(-c2cccc3c2oc2ccncc23)nc2ccccc21. The van der Waals surface area contributed by atoms with Gasteiger partial charge < -0.3 is 4.42 Å². The Labute approximate surface area is 198 Å². The summed E-state index contributed by atoms with van der Waals surface area (Å²) in [6.45, 7) is 9.03. The Kier molecular flexibility index (Phi) is 4.77. The van der Waals surface area contributed by atoms with E-state index in [-0.39, 0.29) is 0 Å². The van der Waals surface area contributed by atoms with Gasteiger partial charge in [0, 0.05) is 23.2 Å². The molecule has 0 fully saturated rings. The molecule has 4 heteroatoms. The molecule has 168 valence electrons. The summed E-state index contributed by atoms with van der Waals surface area (Å²) < 4.78 is 8.73. The van der Waals surface area contributed by atoms with Crippen molar-refractivity contribution in [3.8, 4) is 17.1 Å². The largest absolute Gasteiger partial charge is 0.455 e. The fraction of sp³-hybridized carbons (Fsp3) is 0.200. The molecule has 0 atom stereocenters. The molecule has 3 heterocycles. The second kappa shape index (κ2) is 7.84. The maximum absolute atomic E-state index is 6.39. The predicted molar refractivity (Wildman–Crippen MR) is 140 cm³/mol. The van der Waals surface area contributed by atoms with Crippen LogP contribution < -0.4 is 0 Å². The summed E-state index contributed by atoms with van der Waals surface area (Å²) in [7, 11) is 0. The molecule has 0 unspecified atom stereocenters. The Morgan fingerprint density at radius 3 is 2.26 bits per heavy atom. The van der Waals surface area contributed by atoms with E-state index < -0.39 is 0 Å². The van der Waals surface area contributed by atoms with E-state index in [1.165, 1.54) is 16.8 Å². The summed E-state index contributed by atoms with van der Waals surface area (Å²) in [5, 5.41) is 2.08. The Bertz CT molecular complexity index is 1640. The first kappa shape index (κ1) is 20.7. The van der Waals surface area contributed by atoms with Crippen LogP contribution in [0.15, 0.2) is 83.5 Å². The smallest absolute Gasteiger partial charge is 0.149 e. The summed E-state index contributed by atoms with van der Waals surface area (Å²) in [6.07, 6.45) is 3.65. The third-order valence-corrected chi connectivity index (χ3v) is 6.67. The van der Waals surface area contributed by atoms with Crippen LogP contribution in [0.5, 0.6) is 0 Å². The lowest BCUT2D eigenvalue weighted by Crippen LogP contribution is -2.08. The molecule has 3 aromatic carbocycles. The van der Waals surface area contributed by atoms with Crippen LogP contribution in [0.1, 0.15) is 50.7 Å². The highest BCUT2D eigenvalue weighted by Crippen LogP contribution is 2.40. The molecule has 0 N–H and O–H groups in total. The van der Waals surface area contributed by atoms with Crippen molar-refractivity contribution >= 4 is 33.0 Å². The molecule has 0 aliphatic carbocycles. The lowest BCUT2D eigenvalue weighted by molar-refractivity contribution is 0.669. The molecule has 0 saturated heterocycles. The van der Waals surface area contributed by atoms with Crippen LogP contribution in [0.3, 0.4) is 0 Å². The number of benzene rings is 3. The number of hydrogen-bond donors (Lipinski definition) is 0. The van der Waals surface area contributed by atoms with Gasteiger partial charge in [-0.1, -0.05) is 70.2 Å². The first-order valence-electron chi connectivity index (χ1n) is 11.9. The number of nitrogens with zero attached hydrogens (tertiary/aromatic N) is 3. The minimum Gasteiger partial charge on any atom is -0.455 e. The lowest BCUT2D eigenvalue weighted by Gasteiger charge is -2.22. The number of furan rings is 1. The van der Waals surface area contributed by atoms with Crippen LogP contribution in [0.2, 0.25) is 0 Å². The van der Waals surface area contributed by atoms with Gasteiger partial charge in [0.15, 0.2) is 0 Å². The van der Waals surface area contributed by atoms with E-state index in [1.807, 2.05) is 12.3 Å². The normalized spacial score (nSPS) is 12.1. The molecule has 6 aromatic rings. The van der Waals surface area contributed by atoms with E-state index in [1.54, 1.807) is 6.20 Å². The van der Waals surface area contributed by atoms with E-state index in [2.05, 4.69) is 97.9 Å². The average Bonchev–Trinajstić information content (AvgIpc) is 3.42. The van der Waals surface area contributed by atoms with Crippen LogP contribution in [-0.4, -0.2) is 14.5 Å². The first-order valence-corrected chi connectivity index (χ1v) is 11.9. The minimum atomic E-state index is 0.371. The zero-order chi connectivity index (χ0) is 23.4. The van der Waals surface area contributed by atoms with Gasteiger partial charge in [0.25, 0.3) is 0 Å². The van der Waals surface area contributed by atoms with Crippen molar-refractivity contribution in [2.45, 2.75) is 39.5 Å². The minimum absolute atomic E-state index is 0.371. The number of imidazole rings is 1. The fourth-order valence-electron chi connectivity index (χ4n) is 5.02. The van der Waals surface area contributed by atoms with Crippen molar-refractivity contribution in [2.24, 2.45) is 0 Å². The molecule has 6 rings (SSSR count). The van der Waals surface area contributed by atoms with Crippen LogP contribution in [0.25, 0.3) is 50.0 Å². The summed E-state index contributed by atoms with van der Waals surface area (Å²) in [6, 6.07) is 23.3. The summed E-state index contributed by atoms with van der Waals surface area (Å²) in [4.78, 5) is 9.49. The van der Waals surface area contributed by atoms with Crippen molar-refractivity contribution in [1.82, 2.24) is 14.5 Å². The Morgan fingerprint density at radius 2 is 1.50 bits per heavy atom. The van der Waals surface area contributed by atoms with Crippen LogP contribution >= 0.6 is 0 Å². The van der Waals surface area contributed by atoms with Crippen molar-refractivity contribution < 1.29 is 4.42 Å². The first-order chi connectivity index (χ1) is 16.5. The molecule has 0 amide bonds. The number of para-hydroxylation sites is 4. The molecular formula is C30H27N3O. The quantitative estimate of drug-likeness (QED) is 0.274. The van der Waals surface area contributed by atoms with Crippen molar-refractivity contribution in [1.29, 1.82) is 0 Å². The molecule has 0 saturated carbocycles. The average molecular weight is 446 g/mol. The van der Waals surface area contributed by atoms with Crippen LogP contribution in [0.4, 0.5) is 0 Å². The Balaban J connectivity index is 1.77. The van der Waals surface area contributed by atoms with Crippen molar-refractivity contribution in [3.63, 3.8) is 0 Å². The van der Waals surface area contributed by atoms with E-state index in [0.717, 1.165) is 44.4 Å². The Morgan fingerprint density at radius 1 is 0.765 bits per heavy atom. The van der Waals surface area contributed by atoms with Gasteiger partial charge in [-0.15, -0.1) is 0 Å². The number of hydrogen-bond acceptors (Lipinski definition) is 3. The zero-order valence-corrected chi connectivity index (χ0v) is 19.9. The van der Waals surface area contributed by atoms with Crippen LogP contribution in [0, 0.1) is 0 Å². The van der Waals surface area contributed by atoms with E-state index in [4.69, 9.17) is 9.40 Å². The summed E-state index contributed by atoms with van der Waals surface area (Å²) >= 11 is 0. The van der Waals surface area contributed by atoms with E-state index in [9.17, 15) is 0 Å². The number of pyridine rings is 1. The van der Waals surface area contributed by atoms with E-state index >= 15 is 0 Å². The fourth-order valence-corrected chi connectivity index (χ4v) is 5.02. The van der Waals surface area contributed by atoms with E-state index in [0.29, 0.717) is 11.8 Å². The Hall–Kier alpha value is -3.92. The maximum Gasteiger partial charge on any atom is 0.149 e. The molecular weight excluding hydrogens is 418 g/mol. The monoisotopic (exact) mass is 445 g/mol. The van der Waals surface area contributed by atoms with Gasteiger partial charge in [-0.05, 0) is 47.2 Å². The van der Waals surface area contributed by atoms with Gasteiger partial charge in [-0.25, -0.2) is 4.98 Å². The van der Waals surface area contributed by atoms with Gasteiger partial charge in [0.2, 0.25) is 0 Å².